The molecule has 0 spiro atoms. The first-order chi connectivity index (χ1) is 12.1. The minimum atomic E-state index is -0.389. The third-order valence-electron chi connectivity index (χ3n) is 4.11. The molecule has 1 aliphatic rings. The molecular weight excluding hydrogens is 321 g/mol. The van der Waals surface area contributed by atoms with Gasteiger partial charge in [0, 0.05) is 22.9 Å². The molecule has 2 aromatic carbocycles. The Morgan fingerprint density at radius 1 is 1.36 bits per heavy atom. The van der Waals surface area contributed by atoms with Crippen LogP contribution in [0.1, 0.15) is 29.2 Å². The number of hydrogen-bond donors (Lipinski definition) is 1. The van der Waals surface area contributed by atoms with Crippen LogP contribution in [0.25, 0.3) is 6.08 Å². The van der Waals surface area contributed by atoms with E-state index >= 15 is 0 Å². The van der Waals surface area contributed by atoms with E-state index < -0.39 is 0 Å². The first kappa shape index (κ1) is 17.2. The Hall–Kier alpha value is -2.66. The molecule has 130 valence electrons. The maximum absolute atomic E-state index is 13.7. The van der Waals surface area contributed by atoms with Gasteiger partial charge < -0.3 is 14.8 Å². The molecule has 4 nitrogen and oxygen atoms in total. The van der Waals surface area contributed by atoms with Gasteiger partial charge in [-0.3, -0.25) is 4.79 Å². The van der Waals surface area contributed by atoms with Gasteiger partial charge in [-0.1, -0.05) is 25.1 Å². The number of carbonyl (C=O) groups is 1. The Balaban J connectivity index is 1.81. The maximum Gasteiger partial charge on any atom is 0.248 e. The smallest absolute Gasteiger partial charge is 0.248 e. The Bertz CT molecular complexity index is 830. The Labute approximate surface area is 146 Å². The van der Waals surface area contributed by atoms with Gasteiger partial charge in [-0.15, -0.1) is 0 Å². The number of anilines is 1. The standard InChI is InChI=1S/C20H20FNO3/c1-3-14-6-4-5-13(2)19(14)22-18(23)8-7-15-9-17(21)10-16-11-24-12-25-20(15)16/h4-10H,3,11-12H2,1-2H3,(H,22,23). The van der Waals surface area contributed by atoms with Crippen LogP contribution in [0, 0.1) is 12.7 Å². The number of benzene rings is 2. The molecule has 0 saturated carbocycles. The van der Waals surface area contributed by atoms with Crippen molar-refractivity contribution in [3.05, 3.63) is 64.5 Å². The van der Waals surface area contributed by atoms with Gasteiger partial charge in [-0.2, -0.15) is 0 Å². The zero-order chi connectivity index (χ0) is 17.8. The zero-order valence-corrected chi connectivity index (χ0v) is 14.3. The van der Waals surface area contributed by atoms with Crippen molar-refractivity contribution in [2.75, 3.05) is 12.1 Å². The van der Waals surface area contributed by atoms with Crippen molar-refractivity contribution in [3.8, 4) is 5.75 Å². The van der Waals surface area contributed by atoms with Crippen molar-refractivity contribution < 1.29 is 18.7 Å². The fourth-order valence-electron chi connectivity index (χ4n) is 2.86. The molecule has 0 atom stereocenters. The number of carbonyl (C=O) groups excluding carboxylic acids is 1. The molecule has 5 heteroatoms. The molecule has 1 aliphatic heterocycles. The summed E-state index contributed by atoms with van der Waals surface area (Å²) in [5, 5.41) is 2.91. The lowest BCUT2D eigenvalue weighted by molar-refractivity contribution is -0.111. The molecule has 0 bridgehead atoms. The molecular formula is C20H20FNO3. The Morgan fingerprint density at radius 2 is 2.20 bits per heavy atom. The number of ether oxygens (including phenoxy) is 2. The zero-order valence-electron chi connectivity index (χ0n) is 14.3. The highest BCUT2D eigenvalue weighted by atomic mass is 19.1. The number of halogens is 1. The van der Waals surface area contributed by atoms with Crippen LogP contribution in [0.3, 0.4) is 0 Å². The Morgan fingerprint density at radius 3 is 3.00 bits per heavy atom. The van der Waals surface area contributed by atoms with Crippen LogP contribution in [-0.2, 0) is 22.6 Å². The van der Waals surface area contributed by atoms with Crippen LogP contribution in [0.15, 0.2) is 36.4 Å². The van der Waals surface area contributed by atoms with Gasteiger partial charge in [0.15, 0.2) is 6.79 Å². The third-order valence-corrected chi connectivity index (χ3v) is 4.11. The van der Waals surface area contributed by atoms with Gasteiger partial charge in [0.05, 0.1) is 6.61 Å². The molecule has 0 aromatic heterocycles. The van der Waals surface area contributed by atoms with Gasteiger partial charge in [0.25, 0.3) is 0 Å². The summed E-state index contributed by atoms with van der Waals surface area (Å²) in [5.41, 5.74) is 4.06. The van der Waals surface area contributed by atoms with Crippen molar-refractivity contribution >= 4 is 17.7 Å². The number of rotatable bonds is 4. The van der Waals surface area contributed by atoms with E-state index in [9.17, 15) is 9.18 Å². The van der Waals surface area contributed by atoms with Crippen LogP contribution in [0.5, 0.6) is 5.75 Å². The molecule has 25 heavy (non-hydrogen) atoms. The lowest BCUT2D eigenvalue weighted by Crippen LogP contribution is -2.13. The normalized spacial score (nSPS) is 13.4. The summed E-state index contributed by atoms with van der Waals surface area (Å²) < 4.78 is 24.3. The summed E-state index contributed by atoms with van der Waals surface area (Å²) in [4.78, 5) is 12.3. The minimum absolute atomic E-state index is 0.120. The number of hydrogen-bond acceptors (Lipinski definition) is 3. The molecule has 0 aliphatic carbocycles. The highest BCUT2D eigenvalue weighted by molar-refractivity contribution is 6.03. The second-order valence-electron chi connectivity index (χ2n) is 5.88. The van der Waals surface area contributed by atoms with E-state index in [0.717, 1.165) is 23.2 Å². The van der Waals surface area contributed by atoms with Crippen molar-refractivity contribution in [3.63, 3.8) is 0 Å². The number of fused-ring (bicyclic) bond motifs is 1. The van der Waals surface area contributed by atoms with Crippen molar-refractivity contribution in [2.24, 2.45) is 0 Å². The highest BCUT2D eigenvalue weighted by Gasteiger charge is 2.16. The number of nitrogens with one attached hydrogen (secondary N) is 1. The molecule has 0 fully saturated rings. The SMILES string of the molecule is CCc1cccc(C)c1NC(=O)C=Cc1cc(F)cc2c1OCOC2. The van der Waals surface area contributed by atoms with E-state index in [1.54, 1.807) is 6.08 Å². The summed E-state index contributed by atoms with van der Waals surface area (Å²) in [5.74, 6) is -0.101. The van der Waals surface area contributed by atoms with E-state index in [-0.39, 0.29) is 18.5 Å². The van der Waals surface area contributed by atoms with E-state index in [0.29, 0.717) is 23.5 Å². The van der Waals surface area contributed by atoms with Gasteiger partial charge in [-0.05, 0) is 42.7 Å². The van der Waals surface area contributed by atoms with E-state index in [1.165, 1.54) is 18.2 Å². The summed E-state index contributed by atoms with van der Waals surface area (Å²) >= 11 is 0. The molecule has 2 aromatic rings. The monoisotopic (exact) mass is 341 g/mol. The third kappa shape index (κ3) is 3.88. The van der Waals surface area contributed by atoms with Crippen LogP contribution in [0.4, 0.5) is 10.1 Å². The van der Waals surface area contributed by atoms with Gasteiger partial charge >= 0.3 is 0 Å². The Kier molecular flexibility index (Phi) is 5.14. The average molecular weight is 341 g/mol. The summed E-state index contributed by atoms with van der Waals surface area (Å²) in [7, 11) is 0. The lowest BCUT2D eigenvalue weighted by Gasteiger charge is -2.19. The first-order valence-corrected chi connectivity index (χ1v) is 8.19. The summed E-state index contributed by atoms with van der Waals surface area (Å²) in [6.45, 7) is 4.41. The second-order valence-corrected chi connectivity index (χ2v) is 5.88. The number of para-hydroxylation sites is 1. The summed E-state index contributed by atoms with van der Waals surface area (Å²) in [6, 6.07) is 8.64. The maximum atomic E-state index is 13.7. The average Bonchev–Trinajstić information content (AvgIpc) is 2.61. The molecule has 0 unspecified atom stereocenters. The van der Waals surface area contributed by atoms with E-state index in [1.807, 2.05) is 32.0 Å². The van der Waals surface area contributed by atoms with Crippen LogP contribution in [0.2, 0.25) is 0 Å². The predicted molar refractivity (Wildman–Crippen MR) is 94.9 cm³/mol. The van der Waals surface area contributed by atoms with Crippen LogP contribution < -0.4 is 10.1 Å². The topological polar surface area (TPSA) is 47.6 Å². The fourth-order valence-corrected chi connectivity index (χ4v) is 2.86. The molecule has 1 heterocycles. The number of aryl methyl sites for hydroxylation is 2. The van der Waals surface area contributed by atoms with E-state index in [2.05, 4.69) is 5.32 Å². The molecule has 1 amide bonds. The lowest BCUT2D eigenvalue weighted by atomic mass is 10.1. The first-order valence-electron chi connectivity index (χ1n) is 8.19. The van der Waals surface area contributed by atoms with E-state index in [4.69, 9.17) is 9.47 Å². The molecule has 3 rings (SSSR count). The number of amides is 1. The van der Waals surface area contributed by atoms with Gasteiger partial charge in [0.2, 0.25) is 5.91 Å². The summed E-state index contributed by atoms with van der Waals surface area (Å²) in [6.07, 6.45) is 3.78. The van der Waals surface area contributed by atoms with Crippen molar-refractivity contribution in [2.45, 2.75) is 26.9 Å². The van der Waals surface area contributed by atoms with Crippen LogP contribution >= 0.6 is 0 Å². The van der Waals surface area contributed by atoms with Crippen molar-refractivity contribution in [1.29, 1.82) is 0 Å². The van der Waals surface area contributed by atoms with Gasteiger partial charge in [-0.25, -0.2) is 4.39 Å². The highest BCUT2D eigenvalue weighted by Crippen LogP contribution is 2.30. The molecule has 0 radical (unpaired) electrons. The molecule has 1 N–H and O–H groups in total. The minimum Gasteiger partial charge on any atom is -0.467 e. The largest absolute Gasteiger partial charge is 0.467 e. The fraction of sp³-hybridized carbons (Fsp3) is 0.250. The molecule has 0 saturated heterocycles. The second kappa shape index (κ2) is 7.49. The van der Waals surface area contributed by atoms with Crippen LogP contribution in [-0.4, -0.2) is 12.7 Å². The predicted octanol–water partition coefficient (Wildman–Crippen LogP) is 4.21. The van der Waals surface area contributed by atoms with Gasteiger partial charge in [0.1, 0.15) is 11.6 Å². The van der Waals surface area contributed by atoms with Crippen molar-refractivity contribution in [1.82, 2.24) is 0 Å². The quantitative estimate of drug-likeness (QED) is 0.847.